The van der Waals surface area contributed by atoms with Crippen LogP contribution < -0.4 is 26.4 Å². The molecule has 0 saturated heterocycles. The van der Waals surface area contributed by atoms with Gasteiger partial charge in [0.25, 0.3) is 5.91 Å². The van der Waals surface area contributed by atoms with E-state index in [2.05, 4.69) is 19.7 Å². The summed E-state index contributed by atoms with van der Waals surface area (Å²) >= 11 is 1.06. The summed E-state index contributed by atoms with van der Waals surface area (Å²) in [5, 5.41) is 25.2. The van der Waals surface area contributed by atoms with E-state index in [1.165, 1.54) is 0 Å². The number of rotatable bonds is 14. The zero-order chi connectivity index (χ0) is 40.3. The quantitative estimate of drug-likeness (QED) is 0.137. The Morgan fingerprint density at radius 2 is 1.34 bits per heavy atom. The molecule has 23 heteroatoms. The van der Waals surface area contributed by atoms with Gasteiger partial charge in [0.2, 0.25) is 5.91 Å². The standard InChI is InChI=1S/C30H37F8N7O7S/c1-27(2,29(33,34)35)19(40-25(49)51-5)21(47)39-11-15(46)12-45(44-22(48)20(41-26(50)52-6)28(3,4)30(36,37)38)18-16(31)9-14(10-17(18)32)24-43-42-23(53-24)13-7-8-13/h9-10,13,15,19-20,46H,7-8,11-12H2,1-6H3,(H,39,47)(H,40,49)(H,41,50)(H,44,48)/t15-,19?,20-/m1/s1. The highest BCUT2D eigenvalue weighted by Crippen LogP contribution is 2.44. The molecule has 2 aromatic rings. The number of alkyl halides is 6. The van der Waals surface area contributed by atoms with Crippen LogP contribution in [0.15, 0.2) is 12.1 Å². The zero-order valence-corrected chi connectivity index (χ0v) is 29.8. The summed E-state index contributed by atoms with van der Waals surface area (Å²) in [7, 11) is 1.61. The number of benzene rings is 1. The summed E-state index contributed by atoms with van der Waals surface area (Å²) < 4.78 is 124. The molecule has 0 spiro atoms. The molecule has 1 saturated carbocycles. The maximum atomic E-state index is 15.8. The highest BCUT2D eigenvalue weighted by molar-refractivity contribution is 7.14. The van der Waals surface area contributed by atoms with Crippen molar-refractivity contribution in [3.05, 3.63) is 28.8 Å². The number of halogens is 8. The van der Waals surface area contributed by atoms with Crippen LogP contribution in [0.1, 0.15) is 51.5 Å². The Kier molecular flexibility index (Phi) is 13.1. The molecule has 1 unspecified atom stereocenters. The molecular formula is C30H37F8N7O7S. The van der Waals surface area contributed by atoms with Gasteiger partial charge in [0.1, 0.15) is 27.8 Å². The number of hydrogen-bond acceptors (Lipinski definition) is 11. The average Bonchev–Trinajstić information content (AvgIpc) is 3.78. The average molecular weight is 792 g/mol. The molecule has 0 bridgehead atoms. The summed E-state index contributed by atoms with van der Waals surface area (Å²) in [5.74, 6) is -5.90. The number of ether oxygens (including phenoxy) is 2. The first-order valence-corrected chi connectivity index (χ1v) is 16.4. The summed E-state index contributed by atoms with van der Waals surface area (Å²) in [5.41, 5.74) is -5.35. The summed E-state index contributed by atoms with van der Waals surface area (Å²) in [4.78, 5) is 50.1. The smallest absolute Gasteiger partial charge is 0.407 e. The van der Waals surface area contributed by atoms with E-state index in [9.17, 15) is 50.6 Å². The van der Waals surface area contributed by atoms with Crippen molar-refractivity contribution in [3.63, 3.8) is 0 Å². The van der Waals surface area contributed by atoms with Gasteiger partial charge in [-0.1, -0.05) is 11.3 Å². The number of hydrazine groups is 1. The van der Waals surface area contributed by atoms with E-state index < -0.39 is 95.8 Å². The number of amides is 4. The Morgan fingerprint density at radius 1 is 0.868 bits per heavy atom. The number of nitrogens with one attached hydrogen (secondary N) is 4. The van der Waals surface area contributed by atoms with Crippen molar-refractivity contribution in [2.24, 2.45) is 10.8 Å². The second kappa shape index (κ2) is 16.2. The first-order chi connectivity index (χ1) is 24.3. The van der Waals surface area contributed by atoms with Crippen LogP contribution in [-0.2, 0) is 19.1 Å². The Balaban J connectivity index is 1.99. The maximum Gasteiger partial charge on any atom is 0.407 e. The van der Waals surface area contributed by atoms with Crippen molar-refractivity contribution in [2.45, 2.75) is 77.0 Å². The van der Waals surface area contributed by atoms with Gasteiger partial charge in [0.15, 0.2) is 11.6 Å². The largest absolute Gasteiger partial charge is 0.453 e. The number of carbonyl (C=O) groups is 4. The van der Waals surface area contributed by atoms with E-state index in [-0.39, 0.29) is 21.5 Å². The van der Waals surface area contributed by atoms with Crippen molar-refractivity contribution in [3.8, 4) is 10.6 Å². The number of methoxy groups -OCH3 is 2. The van der Waals surface area contributed by atoms with E-state index in [1.54, 1.807) is 10.6 Å². The predicted octanol–water partition coefficient (Wildman–Crippen LogP) is 4.30. The fourth-order valence-electron chi connectivity index (χ4n) is 4.61. The van der Waals surface area contributed by atoms with Crippen LogP contribution in [0.2, 0.25) is 0 Å². The number of aliphatic hydroxyl groups is 1. The van der Waals surface area contributed by atoms with Crippen LogP contribution in [0.5, 0.6) is 0 Å². The third kappa shape index (κ3) is 10.1. The molecule has 1 heterocycles. The van der Waals surface area contributed by atoms with Gasteiger partial charge in [-0.05, 0) is 52.7 Å². The lowest BCUT2D eigenvalue weighted by atomic mass is 9.83. The third-order valence-corrected chi connectivity index (χ3v) is 9.51. The van der Waals surface area contributed by atoms with Crippen molar-refractivity contribution >= 4 is 41.0 Å². The third-order valence-electron chi connectivity index (χ3n) is 8.38. The SMILES string of the molecule is COC(=O)NC(C(=O)NC[C@@H](O)CN(NC(=O)[C@@H](NC(=O)OC)C(C)(C)C(F)(F)F)c1c(F)cc(-c2nnc(C3CC3)s2)cc1F)C(C)(C)C(F)(F)F. The Hall–Kier alpha value is -4.54. The summed E-state index contributed by atoms with van der Waals surface area (Å²) in [6.07, 6.45) is -13.5. The van der Waals surface area contributed by atoms with Gasteiger partial charge in [0, 0.05) is 18.0 Å². The molecule has 4 amide bonds. The molecule has 1 fully saturated rings. The number of hydrogen-bond donors (Lipinski definition) is 5. The second-order valence-electron chi connectivity index (χ2n) is 13.1. The lowest BCUT2D eigenvalue weighted by Crippen LogP contribution is -2.62. The molecule has 296 valence electrons. The van der Waals surface area contributed by atoms with Gasteiger partial charge in [-0.25, -0.2) is 18.4 Å². The van der Waals surface area contributed by atoms with Gasteiger partial charge in [0.05, 0.1) is 37.7 Å². The van der Waals surface area contributed by atoms with Crippen molar-refractivity contribution in [1.82, 2.24) is 31.6 Å². The Bertz CT molecular complexity index is 1640. The van der Waals surface area contributed by atoms with Gasteiger partial charge in [-0.2, -0.15) is 26.3 Å². The molecule has 1 aliphatic rings. The molecule has 3 atom stereocenters. The second-order valence-corrected chi connectivity index (χ2v) is 14.1. The van der Waals surface area contributed by atoms with E-state index in [0.29, 0.717) is 32.7 Å². The van der Waals surface area contributed by atoms with Crippen LogP contribution in [-0.4, -0.2) is 97.2 Å². The summed E-state index contributed by atoms with van der Waals surface area (Å²) in [6, 6.07) is -3.31. The van der Waals surface area contributed by atoms with Crippen molar-refractivity contribution in [2.75, 3.05) is 32.3 Å². The first-order valence-electron chi connectivity index (χ1n) is 15.5. The molecule has 0 aliphatic heterocycles. The lowest BCUT2D eigenvalue weighted by Gasteiger charge is -2.37. The first kappa shape index (κ1) is 42.9. The van der Waals surface area contributed by atoms with E-state index in [1.807, 2.05) is 10.7 Å². The number of aliphatic hydroxyl groups excluding tert-OH is 1. The number of anilines is 1. The van der Waals surface area contributed by atoms with E-state index in [4.69, 9.17) is 0 Å². The van der Waals surface area contributed by atoms with Gasteiger partial charge < -0.3 is 30.5 Å². The molecule has 5 N–H and O–H groups in total. The highest BCUT2D eigenvalue weighted by Gasteiger charge is 2.57. The zero-order valence-electron chi connectivity index (χ0n) is 29.0. The van der Waals surface area contributed by atoms with Gasteiger partial charge in [-0.3, -0.25) is 20.0 Å². The predicted molar refractivity (Wildman–Crippen MR) is 170 cm³/mol. The molecule has 3 rings (SSSR count). The van der Waals surface area contributed by atoms with Crippen LogP contribution in [0.3, 0.4) is 0 Å². The molecule has 53 heavy (non-hydrogen) atoms. The van der Waals surface area contributed by atoms with E-state index in [0.717, 1.165) is 50.5 Å². The Labute approximate surface area is 300 Å². The number of nitrogens with zero attached hydrogens (tertiary/aromatic N) is 3. The van der Waals surface area contributed by atoms with Gasteiger partial charge >= 0.3 is 24.5 Å². The van der Waals surface area contributed by atoms with E-state index >= 15 is 8.78 Å². The molecule has 1 aromatic heterocycles. The molecular weight excluding hydrogens is 754 g/mol. The molecule has 0 radical (unpaired) electrons. The summed E-state index contributed by atoms with van der Waals surface area (Å²) in [6.45, 7) is 0.136. The van der Waals surface area contributed by atoms with Crippen LogP contribution >= 0.6 is 11.3 Å². The van der Waals surface area contributed by atoms with Crippen molar-refractivity contribution in [1.29, 1.82) is 0 Å². The molecule has 14 nitrogen and oxygen atoms in total. The number of alkyl carbamates (subject to hydrolysis) is 2. The molecule has 1 aromatic carbocycles. The fraction of sp³-hybridized carbons (Fsp3) is 0.600. The monoisotopic (exact) mass is 791 g/mol. The van der Waals surface area contributed by atoms with Gasteiger partial charge in [-0.15, -0.1) is 10.2 Å². The minimum absolute atomic E-state index is 0.105. The van der Waals surface area contributed by atoms with Crippen LogP contribution in [0.4, 0.5) is 50.4 Å². The normalized spacial score (nSPS) is 15.5. The molecule has 1 aliphatic carbocycles. The topological polar surface area (TPSA) is 184 Å². The maximum absolute atomic E-state index is 15.8. The minimum Gasteiger partial charge on any atom is -0.453 e. The fourth-order valence-corrected chi connectivity index (χ4v) is 5.61. The lowest BCUT2D eigenvalue weighted by molar-refractivity contribution is -0.220. The van der Waals surface area contributed by atoms with Crippen molar-refractivity contribution < 1.29 is 68.9 Å². The van der Waals surface area contributed by atoms with Crippen LogP contribution in [0, 0.1) is 22.5 Å². The van der Waals surface area contributed by atoms with Crippen LogP contribution in [0.25, 0.3) is 10.6 Å². The highest BCUT2D eigenvalue weighted by atomic mass is 32.1. The number of carbonyl (C=O) groups excluding carboxylic acids is 4. The minimum atomic E-state index is -5.16. The Morgan fingerprint density at radius 3 is 1.77 bits per heavy atom. The number of aromatic nitrogens is 2.